The summed E-state index contributed by atoms with van der Waals surface area (Å²) in [5, 5.41) is 0. The quantitative estimate of drug-likeness (QED) is 0.518. The van der Waals surface area contributed by atoms with Crippen molar-refractivity contribution in [1.29, 1.82) is 0 Å². The summed E-state index contributed by atoms with van der Waals surface area (Å²) in [6.07, 6.45) is 3.67. The third-order valence-corrected chi connectivity index (χ3v) is 3.36. The summed E-state index contributed by atoms with van der Waals surface area (Å²) in [4.78, 5) is 12.0. The zero-order valence-corrected chi connectivity index (χ0v) is 10.4. The Hall–Kier alpha value is -1.07. The Morgan fingerprint density at radius 3 is 2.65 bits per heavy atom. The number of hydrogen-bond acceptors (Lipinski definition) is 2. The summed E-state index contributed by atoms with van der Waals surface area (Å²) in [6, 6.07) is 2.08. The lowest BCUT2D eigenvalue weighted by Crippen LogP contribution is -2.20. The van der Waals surface area contributed by atoms with Crippen LogP contribution in [-0.4, -0.2) is 11.8 Å². The third-order valence-electron chi connectivity index (χ3n) is 2.74. The molecule has 0 bridgehead atoms. The van der Waals surface area contributed by atoms with Crippen LogP contribution in [0.4, 0.5) is 8.78 Å². The Morgan fingerprint density at radius 2 is 2.06 bits per heavy atom. The molecule has 2 N–H and O–H groups in total. The van der Waals surface area contributed by atoms with Gasteiger partial charge in [-0.1, -0.05) is 12.2 Å². The lowest BCUT2D eigenvalue weighted by Gasteiger charge is -2.10. The topological polar surface area (TPSA) is 43.1 Å². The largest absolute Gasteiger partial charge is 0.324 e. The van der Waals surface area contributed by atoms with Gasteiger partial charge in [0.05, 0.1) is 10.0 Å². The van der Waals surface area contributed by atoms with E-state index in [-0.39, 0.29) is 10.5 Å². The van der Waals surface area contributed by atoms with Gasteiger partial charge in [0.1, 0.15) is 5.82 Å². The number of halogens is 3. The van der Waals surface area contributed by atoms with E-state index in [0.717, 1.165) is 6.07 Å². The number of carbonyl (C=O) groups is 1. The van der Waals surface area contributed by atoms with Crippen LogP contribution in [0.3, 0.4) is 0 Å². The molecule has 0 aliphatic heterocycles. The Morgan fingerprint density at radius 1 is 1.35 bits per heavy atom. The van der Waals surface area contributed by atoms with Crippen LogP contribution < -0.4 is 5.73 Å². The normalized spacial score (nSPS) is 23.1. The second-order valence-electron chi connectivity index (χ2n) is 3.97. The summed E-state index contributed by atoms with van der Waals surface area (Å²) in [5.41, 5.74) is 5.11. The zero-order chi connectivity index (χ0) is 12.6. The second kappa shape index (κ2) is 4.66. The molecule has 0 radical (unpaired) electrons. The van der Waals surface area contributed by atoms with Crippen molar-refractivity contribution >= 4 is 21.7 Å². The first kappa shape index (κ1) is 12.4. The molecule has 1 aromatic rings. The molecule has 0 heterocycles. The van der Waals surface area contributed by atoms with E-state index in [1.807, 2.05) is 0 Å². The van der Waals surface area contributed by atoms with E-state index in [0.29, 0.717) is 6.42 Å². The van der Waals surface area contributed by atoms with E-state index >= 15 is 0 Å². The van der Waals surface area contributed by atoms with Crippen molar-refractivity contribution in [2.24, 2.45) is 11.7 Å². The van der Waals surface area contributed by atoms with Gasteiger partial charge in [0.25, 0.3) is 0 Å². The van der Waals surface area contributed by atoms with Crippen molar-refractivity contribution in [2.75, 3.05) is 0 Å². The molecule has 17 heavy (non-hydrogen) atoms. The van der Waals surface area contributed by atoms with Gasteiger partial charge in [-0.2, -0.15) is 0 Å². The number of ketones is 1. The fourth-order valence-electron chi connectivity index (χ4n) is 1.86. The van der Waals surface area contributed by atoms with Gasteiger partial charge in [0.15, 0.2) is 11.6 Å². The standard InChI is InChI=1S/C12H10BrF2NO/c13-8-3-4-9(14)10(11(8)15)12(17)6-1-2-7(16)5-6/h1-4,6-7H,5,16H2. The van der Waals surface area contributed by atoms with Gasteiger partial charge in [-0.15, -0.1) is 0 Å². The zero-order valence-electron chi connectivity index (χ0n) is 8.79. The Bertz CT molecular complexity index is 502. The van der Waals surface area contributed by atoms with Crippen LogP contribution in [0.25, 0.3) is 0 Å². The minimum Gasteiger partial charge on any atom is -0.324 e. The average Bonchev–Trinajstić information content (AvgIpc) is 2.71. The molecule has 0 spiro atoms. The maximum absolute atomic E-state index is 13.7. The van der Waals surface area contributed by atoms with Gasteiger partial charge in [-0.3, -0.25) is 4.79 Å². The van der Waals surface area contributed by atoms with E-state index < -0.39 is 28.9 Å². The summed E-state index contributed by atoms with van der Waals surface area (Å²) in [5.74, 6) is -2.80. The number of allylic oxidation sites excluding steroid dienone is 1. The van der Waals surface area contributed by atoms with Gasteiger partial charge in [0, 0.05) is 12.0 Å². The molecule has 2 rings (SSSR count). The van der Waals surface area contributed by atoms with E-state index in [4.69, 9.17) is 5.73 Å². The first-order valence-corrected chi connectivity index (χ1v) is 5.91. The first-order valence-electron chi connectivity index (χ1n) is 5.12. The van der Waals surface area contributed by atoms with Crippen LogP contribution in [0.15, 0.2) is 28.8 Å². The predicted octanol–water partition coefficient (Wildman–Crippen LogP) is 2.81. The molecule has 1 aliphatic carbocycles. The molecule has 2 unspecified atom stereocenters. The molecule has 0 amide bonds. The minimum absolute atomic E-state index is 0.0773. The Balaban J connectivity index is 2.38. The molecule has 0 fully saturated rings. The number of hydrogen-bond donors (Lipinski definition) is 1. The minimum atomic E-state index is -0.858. The second-order valence-corrected chi connectivity index (χ2v) is 4.83. The summed E-state index contributed by atoms with van der Waals surface area (Å²) < 4.78 is 27.3. The van der Waals surface area contributed by atoms with Gasteiger partial charge in [-0.05, 0) is 34.5 Å². The summed E-state index contributed by atoms with van der Waals surface area (Å²) in [7, 11) is 0. The van der Waals surface area contributed by atoms with Crippen LogP contribution >= 0.6 is 15.9 Å². The summed E-state index contributed by atoms with van der Waals surface area (Å²) >= 11 is 2.93. The van der Waals surface area contributed by atoms with Crippen molar-refractivity contribution in [3.8, 4) is 0 Å². The average molecular weight is 302 g/mol. The number of benzene rings is 1. The van der Waals surface area contributed by atoms with Crippen LogP contribution in [0.5, 0.6) is 0 Å². The molecule has 1 aliphatic rings. The molecule has 2 atom stereocenters. The predicted molar refractivity (Wildman–Crippen MR) is 63.6 cm³/mol. The molecule has 0 saturated heterocycles. The maximum atomic E-state index is 13.7. The van der Waals surface area contributed by atoms with E-state index in [2.05, 4.69) is 15.9 Å². The molecule has 0 aromatic heterocycles. The Kier molecular flexibility index (Phi) is 3.40. The monoisotopic (exact) mass is 301 g/mol. The van der Waals surface area contributed by atoms with Gasteiger partial charge >= 0.3 is 0 Å². The highest BCUT2D eigenvalue weighted by Crippen LogP contribution is 2.27. The van der Waals surface area contributed by atoms with Crippen LogP contribution in [0, 0.1) is 17.6 Å². The van der Waals surface area contributed by atoms with Gasteiger partial charge in [-0.25, -0.2) is 8.78 Å². The highest BCUT2D eigenvalue weighted by atomic mass is 79.9. The van der Waals surface area contributed by atoms with Crippen LogP contribution in [0.1, 0.15) is 16.8 Å². The fourth-order valence-corrected chi connectivity index (χ4v) is 2.19. The van der Waals surface area contributed by atoms with Crippen molar-refractivity contribution in [3.63, 3.8) is 0 Å². The maximum Gasteiger partial charge on any atom is 0.175 e. The van der Waals surface area contributed by atoms with Crippen molar-refractivity contribution in [3.05, 3.63) is 46.0 Å². The van der Waals surface area contributed by atoms with Crippen LogP contribution in [0.2, 0.25) is 0 Å². The lowest BCUT2D eigenvalue weighted by molar-refractivity contribution is 0.0934. The van der Waals surface area contributed by atoms with E-state index in [1.54, 1.807) is 12.2 Å². The molecule has 90 valence electrons. The molecule has 1 aromatic carbocycles. The van der Waals surface area contributed by atoms with Crippen molar-refractivity contribution in [1.82, 2.24) is 0 Å². The number of Topliss-reactive ketones (excluding diaryl/α,β-unsaturated/α-hetero) is 1. The Labute approximate surface area is 106 Å². The van der Waals surface area contributed by atoms with Crippen molar-refractivity contribution in [2.45, 2.75) is 12.5 Å². The van der Waals surface area contributed by atoms with Crippen LogP contribution in [-0.2, 0) is 0 Å². The highest BCUT2D eigenvalue weighted by Gasteiger charge is 2.28. The molecule has 0 saturated carbocycles. The van der Waals surface area contributed by atoms with Gasteiger partial charge < -0.3 is 5.73 Å². The molecule has 2 nitrogen and oxygen atoms in total. The molecular weight excluding hydrogens is 292 g/mol. The van der Waals surface area contributed by atoms with E-state index in [9.17, 15) is 13.6 Å². The lowest BCUT2D eigenvalue weighted by atomic mass is 9.96. The number of rotatable bonds is 2. The smallest absolute Gasteiger partial charge is 0.175 e. The highest BCUT2D eigenvalue weighted by molar-refractivity contribution is 9.10. The number of nitrogens with two attached hydrogens (primary N) is 1. The van der Waals surface area contributed by atoms with Gasteiger partial charge in [0.2, 0.25) is 0 Å². The third kappa shape index (κ3) is 2.30. The summed E-state index contributed by atoms with van der Waals surface area (Å²) in [6.45, 7) is 0. The fraction of sp³-hybridized carbons (Fsp3) is 0.250. The van der Waals surface area contributed by atoms with E-state index in [1.165, 1.54) is 6.07 Å². The van der Waals surface area contributed by atoms with Crippen molar-refractivity contribution < 1.29 is 13.6 Å². The molecule has 5 heteroatoms. The first-order chi connectivity index (χ1) is 8.00. The number of carbonyl (C=O) groups excluding carboxylic acids is 1. The molecular formula is C12H10BrF2NO. The SMILES string of the molecule is NC1C=CC(C(=O)c2c(F)ccc(Br)c2F)C1.